The third kappa shape index (κ3) is 2.72. The van der Waals surface area contributed by atoms with Gasteiger partial charge in [0.25, 0.3) is 0 Å². The highest BCUT2D eigenvalue weighted by atomic mass is 16.4. The van der Waals surface area contributed by atoms with Crippen molar-refractivity contribution in [2.75, 3.05) is 0 Å². The lowest BCUT2D eigenvalue weighted by Crippen LogP contribution is -1.90. The van der Waals surface area contributed by atoms with E-state index in [0.717, 1.165) is 27.8 Å². The maximum Gasteiger partial charge on any atom is 0.328 e. The first-order chi connectivity index (χ1) is 10.1. The minimum atomic E-state index is -0.922. The lowest BCUT2D eigenvalue weighted by molar-refractivity contribution is -0.131. The number of rotatable bonds is 3. The van der Waals surface area contributed by atoms with E-state index < -0.39 is 5.97 Å². The first kappa shape index (κ1) is 13.2. The van der Waals surface area contributed by atoms with E-state index in [9.17, 15) is 4.79 Å². The second-order valence-electron chi connectivity index (χ2n) is 5.02. The summed E-state index contributed by atoms with van der Waals surface area (Å²) in [6, 6.07) is 16.3. The summed E-state index contributed by atoms with van der Waals surface area (Å²) < 4.78 is 0. The maximum absolute atomic E-state index is 10.7. The standard InChI is InChI=1S/C18H15NO2/c1-12(10-18(20)21)13-2-4-14(5-3-13)15-6-7-17-16(11-15)8-9-19-17/h2-11,19H,1H3,(H,20,21). The van der Waals surface area contributed by atoms with Gasteiger partial charge in [0.05, 0.1) is 0 Å². The zero-order chi connectivity index (χ0) is 14.8. The molecule has 104 valence electrons. The van der Waals surface area contributed by atoms with Crippen LogP contribution in [0.5, 0.6) is 0 Å². The summed E-state index contributed by atoms with van der Waals surface area (Å²) in [5.74, 6) is -0.922. The number of aliphatic carboxylic acids is 1. The molecular weight excluding hydrogens is 262 g/mol. The van der Waals surface area contributed by atoms with Crippen LogP contribution >= 0.6 is 0 Å². The van der Waals surface area contributed by atoms with Crippen molar-refractivity contribution in [2.45, 2.75) is 6.92 Å². The molecule has 3 nitrogen and oxygen atoms in total. The van der Waals surface area contributed by atoms with Crippen LogP contribution in [0.2, 0.25) is 0 Å². The number of nitrogens with one attached hydrogen (secondary N) is 1. The van der Waals surface area contributed by atoms with Gasteiger partial charge in [-0.3, -0.25) is 0 Å². The molecule has 0 saturated carbocycles. The largest absolute Gasteiger partial charge is 0.478 e. The number of carbonyl (C=O) groups is 1. The van der Waals surface area contributed by atoms with Crippen molar-refractivity contribution < 1.29 is 9.90 Å². The molecule has 0 fully saturated rings. The van der Waals surface area contributed by atoms with Crippen LogP contribution in [0.1, 0.15) is 12.5 Å². The highest BCUT2D eigenvalue weighted by molar-refractivity contribution is 5.90. The number of H-pyrrole nitrogens is 1. The van der Waals surface area contributed by atoms with E-state index in [0.29, 0.717) is 0 Å². The zero-order valence-electron chi connectivity index (χ0n) is 11.6. The molecular formula is C18H15NO2. The van der Waals surface area contributed by atoms with Crippen molar-refractivity contribution >= 4 is 22.4 Å². The van der Waals surface area contributed by atoms with Crippen molar-refractivity contribution in [1.29, 1.82) is 0 Å². The number of fused-ring (bicyclic) bond motifs is 1. The average Bonchev–Trinajstić information content (AvgIpc) is 2.94. The summed E-state index contributed by atoms with van der Waals surface area (Å²) >= 11 is 0. The summed E-state index contributed by atoms with van der Waals surface area (Å²) in [4.78, 5) is 13.9. The second-order valence-corrected chi connectivity index (χ2v) is 5.02. The Kier molecular flexibility index (Phi) is 3.32. The normalized spacial score (nSPS) is 11.8. The van der Waals surface area contributed by atoms with Gasteiger partial charge in [0, 0.05) is 17.8 Å². The third-order valence-corrected chi connectivity index (χ3v) is 3.57. The molecule has 0 aliphatic rings. The van der Waals surface area contributed by atoms with Crippen LogP contribution in [0, 0.1) is 0 Å². The minimum absolute atomic E-state index is 0.745. The van der Waals surface area contributed by atoms with Crippen LogP contribution < -0.4 is 0 Å². The van der Waals surface area contributed by atoms with Gasteiger partial charge in [0.2, 0.25) is 0 Å². The molecule has 0 saturated heterocycles. The fourth-order valence-electron chi connectivity index (χ4n) is 2.43. The molecule has 0 bridgehead atoms. The number of hydrogen-bond acceptors (Lipinski definition) is 1. The molecule has 0 aliphatic heterocycles. The van der Waals surface area contributed by atoms with Gasteiger partial charge in [0.1, 0.15) is 0 Å². The average molecular weight is 277 g/mol. The van der Waals surface area contributed by atoms with Gasteiger partial charge in [-0.15, -0.1) is 0 Å². The van der Waals surface area contributed by atoms with Gasteiger partial charge in [-0.05, 0) is 52.8 Å². The van der Waals surface area contributed by atoms with Crippen molar-refractivity contribution in [1.82, 2.24) is 4.98 Å². The predicted octanol–water partition coefficient (Wildman–Crippen LogP) is 4.32. The first-order valence-electron chi connectivity index (χ1n) is 6.73. The van der Waals surface area contributed by atoms with Gasteiger partial charge in [-0.25, -0.2) is 4.79 Å². The fourth-order valence-corrected chi connectivity index (χ4v) is 2.43. The molecule has 1 heterocycles. The van der Waals surface area contributed by atoms with Gasteiger partial charge in [-0.2, -0.15) is 0 Å². The Bertz CT molecular complexity index is 826. The Morgan fingerprint density at radius 2 is 1.76 bits per heavy atom. The predicted molar refractivity (Wildman–Crippen MR) is 85.0 cm³/mol. The summed E-state index contributed by atoms with van der Waals surface area (Å²) in [5, 5.41) is 9.96. The van der Waals surface area contributed by atoms with E-state index in [-0.39, 0.29) is 0 Å². The number of allylic oxidation sites excluding steroid dienone is 1. The van der Waals surface area contributed by atoms with Crippen molar-refractivity contribution in [3.05, 3.63) is 66.4 Å². The van der Waals surface area contributed by atoms with Gasteiger partial charge in [0.15, 0.2) is 0 Å². The molecule has 2 N–H and O–H groups in total. The number of aromatic amines is 1. The molecule has 1 aromatic heterocycles. The monoisotopic (exact) mass is 277 g/mol. The van der Waals surface area contributed by atoms with Crippen molar-refractivity contribution in [3.8, 4) is 11.1 Å². The molecule has 2 aromatic carbocycles. The SMILES string of the molecule is CC(=CC(=O)O)c1ccc(-c2ccc3[nH]ccc3c2)cc1. The number of aromatic nitrogens is 1. The van der Waals surface area contributed by atoms with E-state index >= 15 is 0 Å². The topological polar surface area (TPSA) is 53.1 Å². The molecule has 3 rings (SSSR count). The number of hydrogen-bond donors (Lipinski definition) is 2. The molecule has 3 heteroatoms. The Morgan fingerprint density at radius 1 is 1.05 bits per heavy atom. The van der Waals surface area contributed by atoms with Crippen LogP contribution in [-0.4, -0.2) is 16.1 Å². The number of carboxylic acid groups (broad SMARTS) is 1. The zero-order valence-corrected chi connectivity index (χ0v) is 11.6. The Morgan fingerprint density at radius 3 is 2.48 bits per heavy atom. The van der Waals surface area contributed by atoms with Crippen LogP contribution in [0.3, 0.4) is 0 Å². The Hall–Kier alpha value is -2.81. The number of carboxylic acids is 1. The van der Waals surface area contributed by atoms with Gasteiger partial charge in [-0.1, -0.05) is 30.3 Å². The quantitative estimate of drug-likeness (QED) is 0.700. The van der Waals surface area contributed by atoms with E-state index in [1.54, 1.807) is 6.92 Å². The molecule has 0 spiro atoms. The summed E-state index contributed by atoms with van der Waals surface area (Å²) in [7, 11) is 0. The highest BCUT2D eigenvalue weighted by Gasteiger charge is 2.02. The van der Waals surface area contributed by atoms with E-state index in [4.69, 9.17) is 5.11 Å². The van der Waals surface area contributed by atoms with Crippen LogP contribution in [-0.2, 0) is 4.79 Å². The summed E-state index contributed by atoms with van der Waals surface area (Å²) in [6.07, 6.45) is 3.15. The van der Waals surface area contributed by atoms with Crippen LogP contribution in [0.15, 0.2) is 60.8 Å². The molecule has 0 unspecified atom stereocenters. The Balaban J connectivity index is 1.94. The van der Waals surface area contributed by atoms with E-state index in [2.05, 4.69) is 23.2 Å². The molecule has 21 heavy (non-hydrogen) atoms. The van der Waals surface area contributed by atoms with Crippen molar-refractivity contribution in [2.24, 2.45) is 0 Å². The van der Waals surface area contributed by atoms with E-state index in [1.807, 2.05) is 36.5 Å². The highest BCUT2D eigenvalue weighted by Crippen LogP contribution is 2.25. The van der Waals surface area contributed by atoms with Crippen LogP contribution in [0.4, 0.5) is 0 Å². The molecule has 3 aromatic rings. The fraction of sp³-hybridized carbons (Fsp3) is 0.0556. The molecule has 0 aliphatic carbocycles. The smallest absolute Gasteiger partial charge is 0.328 e. The third-order valence-electron chi connectivity index (χ3n) is 3.57. The van der Waals surface area contributed by atoms with Crippen LogP contribution in [0.25, 0.3) is 27.6 Å². The maximum atomic E-state index is 10.7. The molecule has 0 amide bonds. The summed E-state index contributed by atoms with van der Waals surface area (Å²) in [6.45, 7) is 1.80. The summed E-state index contributed by atoms with van der Waals surface area (Å²) in [5.41, 5.74) is 5.05. The van der Waals surface area contributed by atoms with Crippen molar-refractivity contribution in [3.63, 3.8) is 0 Å². The van der Waals surface area contributed by atoms with Gasteiger partial charge >= 0.3 is 5.97 Å². The Labute approximate surface area is 122 Å². The molecule has 0 radical (unpaired) electrons. The van der Waals surface area contributed by atoms with Gasteiger partial charge < -0.3 is 10.1 Å². The lowest BCUT2D eigenvalue weighted by Gasteiger charge is -2.05. The second kappa shape index (κ2) is 5.29. The lowest BCUT2D eigenvalue weighted by atomic mass is 10.00. The number of benzene rings is 2. The molecule has 0 atom stereocenters. The first-order valence-corrected chi connectivity index (χ1v) is 6.73. The minimum Gasteiger partial charge on any atom is -0.478 e. The van der Waals surface area contributed by atoms with E-state index in [1.165, 1.54) is 11.5 Å².